The first-order valence-electron chi connectivity index (χ1n) is 13.9. The van der Waals surface area contributed by atoms with Gasteiger partial charge in [0.15, 0.2) is 14.3 Å². The number of rotatable bonds is 8. The molecule has 0 saturated carbocycles. The zero-order valence-corrected chi connectivity index (χ0v) is 24.9. The van der Waals surface area contributed by atoms with E-state index in [2.05, 4.69) is 0 Å². The second kappa shape index (κ2) is 11.7. The summed E-state index contributed by atoms with van der Waals surface area (Å²) in [4.78, 5) is 0. The van der Waals surface area contributed by atoms with Crippen molar-refractivity contribution in [2.75, 3.05) is 0 Å². The summed E-state index contributed by atoms with van der Waals surface area (Å²) in [5.74, 6) is -3.65. The minimum atomic E-state index is -3.75. The van der Waals surface area contributed by atoms with Crippen LogP contribution in [0.4, 0.5) is 8.78 Å². The molecule has 6 heteroatoms. The maximum absolute atomic E-state index is 17.3. The van der Waals surface area contributed by atoms with Crippen molar-refractivity contribution in [2.45, 2.75) is 5.92 Å². The van der Waals surface area contributed by atoms with Crippen LogP contribution in [0, 0.1) is 0 Å². The first kappa shape index (κ1) is 28.7. The first-order valence-corrected chi connectivity index (χ1v) is 17.3. The number of benzene rings is 6. The van der Waals surface area contributed by atoms with Gasteiger partial charge in [0.2, 0.25) is 0 Å². The smallest absolute Gasteiger partial charge is 0.299 e. The minimum absolute atomic E-state index is 0.0430. The highest BCUT2D eigenvalue weighted by molar-refractivity contribution is 7.86. The summed E-state index contributed by atoms with van der Waals surface area (Å²) in [6.07, 6.45) is 0. The third-order valence-corrected chi connectivity index (χ3v) is 13.9. The van der Waals surface area contributed by atoms with E-state index in [4.69, 9.17) is 0 Å². The van der Waals surface area contributed by atoms with Gasteiger partial charge in [-0.15, -0.1) is 0 Å². The summed E-state index contributed by atoms with van der Waals surface area (Å²) >= 11 is 0. The Balaban J connectivity index is 1.62. The van der Waals surface area contributed by atoms with Crippen LogP contribution in [-0.2, 0) is 15.1 Å². The van der Waals surface area contributed by atoms with Gasteiger partial charge in [0.1, 0.15) is 0 Å². The van der Waals surface area contributed by atoms with Crippen molar-refractivity contribution >= 4 is 46.1 Å². The molecule has 0 aliphatic carbocycles. The molecule has 0 spiro atoms. The monoisotopic (exact) mass is 604 g/mol. The van der Waals surface area contributed by atoms with Crippen molar-refractivity contribution in [1.82, 2.24) is 0 Å². The van der Waals surface area contributed by atoms with Crippen LogP contribution in [0.15, 0.2) is 170 Å². The van der Waals surface area contributed by atoms with Crippen molar-refractivity contribution in [3.05, 3.63) is 181 Å². The predicted molar refractivity (Wildman–Crippen MR) is 175 cm³/mol. The average molecular weight is 605 g/mol. The van der Waals surface area contributed by atoms with E-state index in [1.165, 1.54) is 36.4 Å². The predicted octanol–water partition coefficient (Wildman–Crippen LogP) is 7.11. The molecule has 0 aliphatic heterocycles. The highest BCUT2D eigenvalue weighted by Crippen LogP contribution is 2.50. The van der Waals surface area contributed by atoms with Gasteiger partial charge in [-0.05, 0) is 0 Å². The van der Waals surface area contributed by atoms with E-state index in [1.807, 2.05) is 0 Å². The topological polar surface area (TPSA) is 34.1 Å². The number of hydrogen-bond donors (Lipinski definition) is 0. The van der Waals surface area contributed by atoms with Gasteiger partial charge in [-0.1, -0.05) is 170 Å². The summed E-state index contributed by atoms with van der Waals surface area (Å²) in [5.41, 5.74) is -0.766. The molecule has 2 nitrogen and oxygen atoms in total. The molecule has 0 aromatic heterocycles. The van der Waals surface area contributed by atoms with Gasteiger partial charge in [0.25, 0.3) is 5.92 Å². The van der Waals surface area contributed by atoms with Crippen LogP contribution in [0.3, 0.4) is 0 Å². The molecule has 6 aromatic carbocycles. The van der Waals surface area contributed by atoms with Gasteiger partial charge in [-0.25, -0.2) is 0 Å². The summed E-state index contributed by atoms with van der Waals surface area (Å²) < 4.78 is 65.1. The molecule has 0 amide bonds. The van der Waals surface area contributed by atoms with E-state index in [9.17, 15) is 0 Å². The van der Waals surface area contributed by atoms with Crippen molar-refractivity contribution in [1.29, 1.82) is 0 Å². The van der Waals surface area contributed by atoms with Gasteiger partial charge < -0.3 is 9.13 Å². The average Bonchev–Trinajstić information content (AvgIpc) is 3.09. The third-order valence-electron chi connectivity index (χ3n) is 7.64. The molecule has 0 bridgehead atoms. The summed E-state index contributed by atoms with van der Waals surface area (Å²) in [6, 6.07) is 47.1. The van der Waals surface area contributed by atoms with Gasteiger partial charge in [0.05, 0.1) is 0 Å². The Labute approximate surface area is 250 Å². The normalized spacial score (nSPS) is 12.1. The molecule has 0 N–H and O–H groups in total. The van der Waals surface area contributed by atoms with Crippen LogP contribution in [0.25, 0.3) is 0 Å². The maximum Gasteiger partial charge on any atom is 0.299 e. The molecule has 0 aliphatic rings. The van der Waals surface area contributed by atoms with Gasteiger partial charge in [-0.3, -0.25) is 0 Å². The van der Waals surface area contributed by atoms with Gasteiger partial charge in [-0.2, -0.15) is 8.78 Å². The van der Waals surface area contributed by atoms with Crippen LogP contribution in [0.5, 0.6) is 0 Å². The number of halogens is 2. The molecule has 0 atom stereocenters. The molecular formula is C37H28F2O2P2. The van der Waals surface area contributed by atoms with Crippen LogP contribution >= 0.6 is 14.3 Å². The van der Waals surface area contributed by atoms with Crippen LogP contribution in [0.1, 0.15) is 11.1 Å². The molecule has 6 rings (SSSR count). The molecule has 0 radical (unpaired) electrons. The quantitative estimate of drug-likeness (QED) is 0.174. The maximum atomic E-state index is 17.3. The van der Waals surface area contributed by atoms with Crippen molar-refractivity contribution < 1.29 is 17.9 Å². The fourth-order valence-electron chi connectivity index (χ4n) is 5.58. The standard InChI is InChI=1S/C37H28F2O2P2/c38-37(39,33-25-13-15-27-35(33)42(40,29-17-5-1-6-18-29)30-19-7-2-8-20-30)34-26-14-16-28-36(34)43(41,31-21-9-3-10-22-31)32-23-11-4-12-24-32/h1-28H. The molecule has 212 valence electrons. The van der Waals surface area contributed by atoms with E-state index in [1.54, 1.807) is 133 Å². The Hall–Kier alpha value is -4.36. The Morgan fingerprint density at radius 1 is 0.349 bits per heavy atom. The lowest BCUT2D eigenvalue weighted by atomic mass is 10.0. The molecule has 6 aromatic rings. The van der Waals surface area contributed by atoms with E-state index in [0.717, 1.165) is 0 Å². The fourth-order valence-corrected chi connectivity index (χ4v) is 11.4. The Morgan fingerprint density at radius 3 is 0.860 bits per heavy atom. The second-order valence-corrected chi connectivity index (χ2v) is 15.6. The minimum Gasteiger partial charge on any atom is -0.309 e. The van der Waals surface area contributed by atoms with E-state index < -0.39 is 20.2 Å². The Morgan fingerprint density at radius 2 is 0.581 bits per heavy atom. The van der Waals surface area contributed by atoms with E-state index in [0.29, 0.717) is 21.2 Å². The summed E-state index contributed by atoms with van der Waals surface area (Å²) in [7, 11) is -7.50. The first-order chi connectivity index (χ1) is 20.9. The Bertz CT molecular complexity index is 1720. The Kier molecular flexibility index (Phi) is 7.84. The van der Waals surface area contributed by atoms with Crippen molar-refractivity contribution in [3.63, 3.8) is 0 Å². The van der Waals surface area contributed by atoms with Gasteiger partial charge in [0, 0.05) is 43.0 Å². The van der Waals surface area contributed by atoms with Gasteiger partial charge >= 0.3 is 0 Å². The highest BCUT2D eigenvalue weighted by atomic mass is 31.2. The van der Waals surface area contributed by atoms with Crippen LogP contribution in [-0.4, -0.2) is 0 Å². The zero-order valence-electron chi connectivity index (χ0n) is 23.1. The molecule has 0 unspecified atom stereocenters. The van der Waals surface area contributed by atoms with Crippen molar-refractivity contribution in [2.24, 2.45) is 0 Å². The molecule has 0 saturated heterocycles. The fraction of sp³-hybridized carbons (Fsp3) is 0.0270. The molecular weight excluding hydrogens is 576 g/mol. The zero-order chi connectivity index (χ0) is 29.9. The summed E-state index contributed by atoms with van der Waals surface area (Å²) in [5, 5.41) is 1.91. The van der Waals surface area contributed by atoms with Crippen molar-refractivity contribution in [3.8, 4) is 0 Å². The summed E-state index contributed by atoms with van der Waals surface area (Å²) in [6.45, 7) is 0. The van der Waals surface area contributed by atoms with Crippen LogP contribution in [0.2, 0.25) is 0 Å². The van der Waals surface area contributed by atoms with E-state index in [-0.39, 0.29) is 21.7 Å². The lowest BCUT2D eigenvalue weighted by Crippen LogP contribution is -2.36. The van der Waals surface area contributed by atoms with E-state index >= 15 is 17.9 Å². The molecule has 43 heavy (non-hydrogen) atoms. The number of hydrogen-bond acceptors (Lipinski definition) is 2. The molecule has 0 fully saturated rings. The molecule has 0 heterocycles. The lowest BCUT2D eigenvalue weighted by molar-refractivity contribution is 0.0450. The SMILES string of the molecule is O=P(c1ccccc1)(c1ccccc1)c1ccccc1C(F)(F)c1ccccc1P(=O)(c1ccccc1)c1ccccc1. The number of alkyl halides is 2. The van der Waals surface area contributed by atoms with Crippen LogP contribution < -0.4 is 31.8 Å². The highest BCUT2D eigenvalue weighted by Gasteiger charge is 2.46. The third kappa shape index (κ3) is 5.01. The lowest BCUT2D eigenvalue weighted by Gasteiger charge is -2.29. The largest absolute Gasteiger partial charge is 0.309 e. The second-order valence-electron chi connectivity index (χ2n) is 10.2.